The summed E-state index contributed by atoms with van der Waals surface area (Å²) in [6.07, 6.45) is 5.50. The number of benzene rings is 2. The van der Waals surface area contributed by atoms with Crippen molar-refractivity contribution in [1.82, 2.24) is 15.3 Å². The van der Waals surface area contributed by atoms with E-state index in [1.807, 2.05) is 18.2 Å². The Labute approximate surface area is 223 Å². The van der Waals surface area contributed by atoms with Crippen molar-refractivity contribution in [3.8, 4) is 28.1 Å². The van der Waals surface area contributed by atoms with Crippen LogP contribution in [0.25, 0.3) is 33.3 Å². The number of fused-ring (bicyclic) bond motifs is 2. The molecule has 10 heteroatoms. The Morgan fingerprint density at radius 1 is 1.13 bits per heavy atom. The molecule has 2 aliphatic heterocycles. The molecular formula is C29H27F2N5O3. The van der Waals surface area contributed by atoms with Gasteiger partial charge in [0.05, 0.1) is 30.1 Å². The minimum absolute atomic E-state index is 0.0153. The van der Waals surface area contributed by atoms with Gasteiger partial charge in [-0.05, 0) is 42.3 Å². The van der Waals surface area contributed by atoms with Crippen LogP contribution >= 0.6 is 0 Å². The molecule has 0 aliphatic carbocycles. The van der Waals surface area contributed by atoms with Crippen LogP contribution < -0.4 is 10.2 Å². The maximum Gasteiger partial charge on any atom is 0.150 e. The first kappa shape index (κ1) is 25.1. The van der Waals surface area contributed by atoms with E-state index >= 15 is 0 Å². The van der Waals surface area contributed by atoms with Crippen LogP contribution in [0, 0.1) is 11.6 Å². The fraction of sp³-hybridized carbons (Fsp3) is 0.276. The number of aromatic hydroxyl groups is 1. The zero-order valence-electron chi connectivity index (χ0n) is 21.3. The lowest BCUT2D eigenvalue weighted by molar-refractivity contribution is -0.00896. The first-order chi connectivity index (χ1) is 19.0. The minimum Gasteiger partial charge on any atom is -0.505 e. The minimum atomic E-state index is -0.660. The van der Waals surface area contributed by atoms with E-state index < -0.39 is 11.6 Å². The summed E-state index contributed by atoms with van der Waals surface area (Å²) in [4.78, 5) is 16.0. The second-order valence-electron chi connectivity index (χ2n) is 9.63. The van der Waals surface area contributed by atoms with Gasteiger partial charge in [-0.15, -0.1) is 0 Å². The fourth-order valence-electron chi connectivity index (χ4n) is 5.46. The maximum absolute atomic E-state index is 14.3. The molecule has 0 unspecified atom stereocenters. The lowest BCUT2D eigenvalue weighted by atomic mass is 9.95. The third kappa shape index (κ3) is 4.88. The number of nitrogens with one attached hydrogen (secondary N) is 1. The Bertz CT molecular complexity index is 1540. The van der Waals surface area contributed by atoms with Gasteiger partial charge < -0.3 is 24.9 Å². The Balaban J connectivity index is 1.53. The summed E-state index contributed by atoms with van der Waals surface area (Å²) < 4.78 is 34.7. The highest BCUT2D eigenvalue weighted by atomic mass is 19.1. The van der Waals surface area contributed by atoms with Gasteiger partial charge in [0.15, 0.2) is 5.75 Å². The molecule has 4 heterocycles. The Kier molecular flexibility index (Phi) is 6.80. The monoisotopic (exact) mass is 531 g/mol. The van der Waals surface area contributed by atoms with Gasteiger partial charge in [-0.2, -0.15) is 0 Å². The van der Waals surface area contributed by atoms with Crippen LogP contribution in [0.15, 0.2) is 60.0 Å². The highest BCUT2D eigenvalue weighted by Gasteiger charge is 2.33. The van der Waals surface area contributed by atoms with Crippen LogP contribution in [0.2, 0.25) is 0 Å². The number of nitrogens with zero attached hydrogens (tertiary/aromatic N) is 4. The van der Waals surface area contributed by atoms with Gasteiger partial charge in [0.2, 0.25) is 0 Å². The van der Waals surface area contributed by atoms with Gasteiger partial charge in [-0.3, -0.25) is 9.97 Å². The van der Waals surface area contributed by atoms with Gasteiger partial charge >= 0.3 is 0 Å². The Morgan fingerprint density at radius 2 is 1.97 bits per heavy atom. The molecule has 0 bridgehead atoms. The molecule has 0 radical (unpaired) electrons. The van der Waals surface area contributed by atoms with E-state index in [1.165, 1.54) is 25.5 Å². The number of oxime groups is 1. The molecular weight excluding hydrogens is 504 g/mol. The van der Waals surface area contributed by atoms with Crippen molar-refractivity contribution in [2.45, 2.75) is 18.6 Å². The summed E-state index contributed by atoms with van der Waals surface area (Å²) in [6, 6.07) is 11.0. The number of ether oxygens (including phenoxy) is 1. The van der Waals surface area contributed by atoms with Gasteiger partial charge in [-0.1, -0.05) is 11.2 Å². The summed E-state index contributed by atoms with van der Waals surface area (Å²) in [5.74, 6) is -1.36. The van der Waals surface area contributed by atoms with Crippen molar-refractivity contribution in [2.75, 3.05) is 38.3 Å². The molecule has 0 amide bonds. The van der Waals surface area contributed by atoms with Crippen molar-refractivity contribution in [2.24, 2.45) is 5.16 Å². The number of morpholine rings is 1. The molecule has 4 aromatic rings. The van der Waals surface area contributed by atoms with E-state index in [1.54, 1.807) is 18.5 Å². The number of anilines is 1. The van der Waals surface area contributed by atoms with E-state index in [0.29, 0.717) is 46.6 Å². The largest absolute Gasteiger partial charge is 0.505 e. The number of aromatic nitrogens is 2. The first-order valence-electron chi connectivity index (χ1n) is 12.8. The molecule has 0 spiro atoms. The van der Waals surface area contributed by atoms with Crippen LogP contribution in [-0.2, 0) is 9.57 Å². The summed E-state index contributed by atoms with van der Waals surface area (Å²) >= 11 is 0. The molecule has 39 heavy (non-hydrogen) atoms. The van der Waals surface area contributed by atoms with Crippen molar-refractivity contribution < 1.29 is 23.5 Å². The number of rotatable bonds is 5. The highest BCUT2D eigenvalue weighted by molar-refractivity contribution is 6.02. The molecule has 0 saturated carbocycles. The van der Waals surface area contributed by atoms with Crippen molar-refractivity contribution in [3.05, 3.63) is 72.1 Å². The molecule has 2 aromatic carbocycles. The quantitative estimate of drug-likeness (QED) is 0.290. The van der Waals surface area contributed by atoms with Gasteiger partial charge in [-0.25, -0.2) is 8.78 Å². The number of pyridine rings is 2. The predicted octanol–water partition coefficient (Wildman–Crippen LogP) is 4.50. The number of piperidine rings is 1. The molecule has 2 saturated heterocycles. The molecule has 200 valence electrons. The number of halogens is 2. The lowest BCUT2D eigenvalue weighted by Crippen LogP contribution is -2.57. The SMILES string of the molecule is CON=Cc1ccnc(-c2ccc3ncc(-c4cc(F)cc(F)c4)c(N4CC[C@H]5NCCO[C@@H]5C4)c3c2)c1O. The van der Waals surface area contributed by atoms with Crippen molar-refractivity contribution >= 4 is 22.8 Å². The van der Waals surface area contributed by atoms with Gasteiger partial charge in [0.1, 0.15) is 24.4 Å². The molecule has 2 aliphatic rings. The van der Waals surface area contributed by atoms with E-state index in [2.05, 4.69) is 25.3 Å². The maximum atomic E-state index is 14.3. The van der Waals surface area contributed by atoms with Crippen molar-refractivity contribution in [1.29, 1.82) is 0 Å². The normalized spacial score (nSPS) is 19.4. The molecule has 2 N–H and O–H groups in total. The average Bonchev–Trinajstić information content (AvgIpc) is 2.95. The van der Waals surface area contributed by atoms with Gasteiger partial charge in [0, 0.05) is 66.2 Å². The molecule has 2 atom stereocenters. The van der Waals surface area contributed by atoms with E-state index in [9.17, 15) is 13.9 Å². The van der Waals surface area contributed by atoms with E-state index in [0.717, 1.165) is 36.7 Å². The van der Waals surface area contributed by atoms with Crippen molar-refractivity contribution in [3.63, 3.8) is 0 Å². The standard InChI is InChI=1S/C29H27F2N5O3/c1-38-35-14-18-4-6-33-27(29(18)37)17-2-3-24-22(12-17)28(36-8-5-25-26(16-36)39-9-7-32-25)23(15-34-24)19-10-20(30)13-21(31)11-19/h2-4,6,10-15,25-26,32,37H,5,7-9,16H2,1H3/t25-,26-/m1/s1. The smallest absolute Gasteiger partial charge is 0.150 e. The summed E-state index contributed by atoms with van der Waals surface area (Å²) in [7, 11) is 1.42. The molecule has 6 rings (SSSR count). The zero-order valence-corrected chi connectivity index (χ0v) is 21.3. The van der Waals surface area contributed by atoms with E-state index in [4.69, 9.17) is 9.57 Å². The van der Waals surface area contributed by atoms with Crippen LogP contribution in [0.1, 0.15) is 12.0 Å². The van der Waals surface area contributed by atoms with Crippen LogP contribution in [0.4, 0.5) is 14.5 Å². The topological polar surface area (TPSA) is 92.1 Å². The average molecular weight is 532 g/mol. The Morgan fingerprint density at radius 3 is 2.79 bits per heavy atom. The molecule has 8 nitrogen and oxygen atoms in total. The Hall–Kier alpha value is -4.15. The number of hydrogen-bond acceptors (Lipinski definition) is 8. The second kappa shape index (κ2) is 10.5. The highest BCUT2D eigenvalue weighted by Crippen LogP contribution is 2.41. The summed E-state index contributed by atoms with van der Waals surface area (Å²) in [6.45, 7) is 2.78. The summed E-state index contributed by atoms with van der Waals surface area (Å²) in [5, 5.41) is 19.0. The number of hydrogen-bond donors (Lipinski definition) is 2. The fourth-order valence-corrected chi connectivity index (χ4v) is 5.46. The zero-order chi connectivity index (χ0) is 26.9. The predicted molar refractivity (Wildman–Crippen MR) is 145 cm³/mol. The van der Waals surface area contributed by atoms with Crippen LogP contribution in [-0.4, -0.2) is 66.8 Å². The molecule has 2 aromatic heterocycles. The molecule has 2 fully saturated rings. The van der Waals surface area contributed by atoms with Crippen LogP contribution in [0.5, 0.6) is 5.75 Å². The lowest BCUT2D eigenvalue weighted by Gasteiger charge is -2.43. The van der Waals surface area contributed by atoms with Gasteiger partial charge in [0.25, 0.3) is 0 Å². The van der Waals surface area contributed by atoms with Crippen LogP contribution in [0.3, 0.4) is 0 Å². The third-order valence-electron chi connectivity index (χ3n) is 7.26. The van der Waals surface area contributed by atoms with E-state index in [-0.39, 0.29) is 17.9 Å². The third-order valence-corrected chi connectivity index (χ3v) is 7.26. The first-order valence-corrected chi connectivity index (χ1v) is 12.8. The second-order valence-corrected chi connectivity index (χ2v) is 9.63. The summed E-state index contributed by atoms with van der Waals surface area (Å²) in [5.41, 5.74) is 3.98.